The van der Waals surface area contributed by atoms with E-state index in [1.807, 2.05) is 0 Å². The van der Waals surface area contributed by atoms with Gasteiger partial charge >= 0.3 is 0 Å². The van der Waals surface area contributed by atoms with Crippen LogP contribution < -0.4 is 0 Å². The van der Waals surface area contributed by atoms with E-state index in [0.29, 0.717) is 0 Å². The molecular weight excluding hydrogens is 358 g/mol. The van der Waals surface area contributed by atoms with Gasteiger partial charge in [-0.05, 0) is 36.4 Å². The van der Waals surface area contributed by atoms with Crippen molar-refractivity contribution in [2.24, 2.45) is 0 Å². The highest BCUT2D eigenvalue weighted by molar-refractivity contribution is 7.91. The van der Waals surface area contributed by atoms with Gasteiger partial charge in [0.1, 0.15) is 0 Å². The highest BCUT2D eigenvalue weighted by atomic mass is 32.2. The summed E-state index contributed by atoms with van der Waals surface area (Å²) < 4.78 is 41.9. The van der Waals surface area contributed by atoms with Gasteiger partial charge in [-0.1, -0.05) is 23.4 Å². The maximum Gasteiger partial charge on any atom is 0.251 e. The van der Waals surface area contributed by atoms with Gasteiger partial charge in [0, 0.05) is 0 Å². The average molecular weight is 369 g/mol. The first kappa shape index (κ1) is 16.1. The van der Waals surface area contributed by atoms with Crippen LogP contribution in [0.1, 0.15) is 16.2 Å². The minimum Gasteiger partial charge on any atom is -0.461 e. The maximum atomic E-state index is 13.2. The molecule has 0 atom stereocenters. The summed E-state index contributed by atoms with van der Waals surface area (Å²) in [5.41, 5.74) is -0.366. The van der Waals surface area contributed by atoms with Crippen LogP contribution in [0.2, 0.25) is 0 Å². The van der Waals surface area contributed by atoms with E-state index in [-0.39, 0.29) is 32.8 Å². The number of hydrogen-bond acceptors (Lipinski definition) is 7. The summed E-state index contributed by atoms with van der Waals surface area (Å²) in [6.07, 6.45) is 2.68. The number of carbonyl (C=O) groups excluding carboxylic acids is 1. The molecule has 0 unspecified atom stereocenters. The molecule has 0 saturated heterocycles. The molecule has 0 aliphatic carbocycles. The summed E-state index contributed by atoms with van der Waals surface area (Å²) in [6, 6.07) is 13.7. The second-order valence-electron chi connectivity index (χ2n) is 5.29. The molecule has 0 saturated carbocycles. The molecule has 0 aliphatic heterocycles. The average Bonchev–Trinajstić information content (AvgIpc) is 3.42. The Bertz CT molecular complexity index is 1140. The molecule has 26 heavy (non-hydrogen) atoms. The summed E-state index contributed by atoms with van der Waals surface area (Å²) >= 11 is 0. The molecule has 4 aromatic rings. The van der Waals surface area contributed by atoms with Crippen LogP contribution in [0.25, 0.3) is 11.5 Å². The Morgan fingerprint density at radius 3 is 2.27 bits per heavy atom. The molecule has 4 rings (SSSR count). The predicted molar refractivity (Wildman–Crippen MR) is 88.2 cm³/mol. The van der Waals surface area contributed by atoms with Crippen molar-refractivity contribution < 1.29 is 26.6 Å². The highest BCUT2D eigenvalue weighted by Crippen LogP contribution is 2.35. The fourth-order valence-electron chi connectivity index (χ4n) is 2.48. The standard InChI is InChI=1S/C18H11NO6S/c20-16(13-8-4-10-23-13)15-18(17(25-19-15)14-9-5-11-24-14)26(21,22)12-6-2-1-3-7-12/h1-11H. The number of sulfone groups is 1. The van der Waals surface area contributed by atoms with Crippen molar-refractivity contribution in [1.82, 2.24) is 5.16 Å². The molecule has 0 N–H and O–H groups in total. The van der Waals surface area contributed by atoms with Crippen molar-refractivity contribution in [2.45, 2.75) is 9.79 Å². The van der Waals surface area contributed by atoms with E-state index in [2.05, 4.69) is 5.16 Å². The van der Waals surface area contributed by atoms with E-state index < -0.39 is 15.6 Å². The van der Waals surface area contributed by atoms with Gasteiger partial charge in [0.05, 0.1) is 17.4 Å². The minimum absolute atomic E-state index is 0.00417. The quantitative estimate of drug-likeness (QED) is 0.495. The molecular formula is C18H11NO6S. The first-order chi connectivity index (χ1) is 12.6. The fraction of sp³-hybridized carbons (Fsp3) is 0. The molecule has 1 aromatic carbocycles. The van der Waals surface area contributed by atoms with Gasteiger partial charge in [0.25, 0.3) is 5.78 Å². The predicted octanol–water partition coefficient (Wildman–Crippen LogP) is 3.59. The Morgan fingerprint density at radius 2 is 1.62 bits per heavy atom. The van der Waals surface area contributed by atoms with Crippen LogP contribution in [0, 0.1) is 0 Å². The first-order valence-electron chi connectivity index (χ1n) is 7.51. The molecule has 0 radical (unpaired) electrons. The van der Waals surface area contributed by atoms with E-state index in [4.69, 9.17) is 13.4 Å². The number of nitrogens with zero attached hydrogens (tertiary/aromatic N) is 1. The number of rotatable bonds is 5. The van der Waals surface area contributed by atoms with Crippen LogP contribution in [-0.2, 0) is 9.84 Å². The third kappa shape index (κ3) is 2.56. The largest absolute Gasteiger partial charge is 0.461 e. The monoisotopic (exact) mass is 369 g/mol. The lowest BCUT2D eigenvalue weighted by Gasteiger charge is -2.04. The second-order valence-corrected chi connectivity index (χ2v) is 7.18. The molecule has 130 valence electrons. The normalized spacial score (nSPS) is 11.5. The Balaban J connectivity index is 1.97. The van der Waals surface area contributed by atoms with Gasteiger partial charge in [-0.25, -0.2) is 8.42 Å². The van der Waals surface area contributed by atoms with E-state index in [0.717, 1.165) is 0 Å². The SMILES string of the molecule is O=C(c1ccco1)c1noc(-c2ccco2)c1S(=O)(=O)c1ccccc1. The van der Waals surface area contributed by atoms with Gasteiger partial charge in [0.15, 0.2) is 22.1 Å². The molecule has 0 fully saturated rings. The van der Waals surface area contributed by atoms with Gasteiger partial charge in [-0.2, -0.15) is 0 Å². The summed E-state index contributed by atoms with van der Waals surface area (Å²) in [5, 5.41) is 3.70. The van der Waals surface area contributed by atoms with Crippen molar-refractivity contribution in [3.05, 3.63) is 78.6 Å². The van der Waals surface area contributed by atoms with E-state index in [9.17, 15) is 13.2 Å². The molecule has 8 heteroatoms. The Labute approximate surface area is 147 Å². The van der Waals surface area contributed by atoms with Gasteiger partial charge in [-0.3, -0.25) is 4.79 Å². The van der Waals surface area contributed by atoms with Crippen LogP contribution in [0.4, 0.5) is 0 Å². The lowest BCUT2D eigenvalue weighted by atomic mass is 10.2. The number of ketones is 1. The smallest absolute Gasteiger partial charge is 0.251 e. The number of furan rings is 2. The zero-order valence-electron chi connectivity index (χ0n) is 13.2. The number of hydrogen-bond donors (Lipinski definition) is 0. The molecule has 0 spiro atoms. The molecule has 0 aliphatic rings. The fourth-order valence-corrected chi connectivity index (χ4v) is 4.00. The number of carbonyl (C=O) groups is 1. The molecule has 0 bridgehead atoms. The maximum absolute atomic E-state index is 13.2. The van der Waals surface area contributed by atoms with Crippen LogP contribution in [-0.4, -0.2) is 19.4 Å². The number of aromatic nitrogens is 1. The van der Waals surface area contributed by atoms with E-state index >= 15 is 0 Å². The lowest BCUT2D eigenvalue weighted by Crippen LogP contribution is -2.10. The third-order valence-electron chi connectivity index (χ3n) is 3.68. The summed E-state index contributed by atoms with van der Waals surface area (Å²) in [6.45, 7) is 0. The molecule has 7 nitrogen and oxygen atoms in total. The Morgan fingerprint density at radius 1 is 0.885 bits per heavy atom. The van der Waals surface area contributed by atoms with Crippen molar-refractivity contribution in [2.75, 3.05) is 0 Å². The topological polar surface area (TPSA) is 104 Å². The van der Waals surface area contributed by atoms with Crippen molar-refractivity contribution in [3.63, 3.8) is 0 Å². The van der Waals surface area contributed by atoms with Crippen LogP contribution in [0.5, 0.6) is 0 Å². The van der Waals surface area contributed by atoms with Crippen molar-refractivity contribution in [3.8, 4) is 11.5 Å². The Kier molecular flexibility index (Phi) is 3.81. The summed E-state index contributed by atoms with van der Waals surface area (Å²) in [7, 11) is -4.10. The van der Waals surface area contributed by atoms with Gasteiger partial charge in [0.2, 0.25) is 15.6 Å². The van der Waals surface area contributed by atoms with Crippen LogP contribution in [0.3, 0.4) is 0 Å². The molecule has 3 aromatic heterocycles. The van der Waals surface area contributed by atoms with Crippen LogP contribution in [0.15, 0.2) is 90.3 Å². The van der Waals surface area contributed by atoms with Crippen LogP contribution >= 0.6 is 0 Å². The van der Waals surface area contributed by atoms with Crippen molar-refractivity contribution in [1.29, 1.82) is 0 Å². The van der Waals surface area contributed by atoms with Gasteiger partial charge in [-0.15, -0.1) is 0 Å². The minimum atomic E-state index is -4.10. The zero-order valence-corrected chi connectivity index (χ0v) is 14.0. The summed E-state index contributed by atoms with van der Waals surface area (Å²) in [4.78, 5) is 12.3. The molecule has 0 amide bonds. The molecule has 3 heterocycles. The first-order valence-corrected chi connectivity index (χ1v) is 8.99. The Hall–Kier alpha value is -3.39. The van der Waals surface area contributed by atoms with E-state index in [1.54, 1.807) is 24.3 Å². The van der Waals surface area contributed by atoms with E-state index in [1.165, 1.54) is 42.9 Å². The zero-order chi connectivity index (χ0) is 18.1. The summed E-state index contributed by atoms with van der Waals surface area (Å²) in [5.74, 6) is -0.751. The second kappa shape index (κ2) is 6.16. The third-order valence-corrected chi connectivity index (χ3v) is 5.49. The van der Waals surface area contributed by atoms with Crippen molar-refractivity contribution >= 4 is 15.6 Å². The lowest BCUT2D eigenvalue weighted by molar-refractivity contribution is 0.0998. The van der Waals surface area contributed by atoms with Gasteiger partial charge < -0.3 is 13.4 Å². The highest BCUT2D eigenvalue weighted by Gasteiger charge is 2.36. The number of benzene rings is 1.